The summed E-state index contributed by atoms with van der Waals surface area (Å²) >= 11 is 6.15. The third-order valence-electron chi connectivity index (χ3n) is 6.11. The van der Waals surface area contributed by atoms with E-state index in [-0.39, 0.29) is 23.8 Å². The number of alkyl halides is 3. The number of rotatable bonds is 3. The van der Waals surface area contributed by atoms with Crippen LogP contribution in [0.2, 0.25) is 5.02 Å². The SMILES string of the molecule is NCC1(c2cccc(Cl)c2)CCC(N2CCn3nc(C(F)(F)F)nc3C2=O)CC1. The van der Waals surface area contributed by atoms with Crippen molar-refractivity contribution in [3.8, 4) is 0 Å². The standard InChI is InChI=1S/C19H21ClF3N5O/c20-13-3-1-2-12(10-13)18(11-24)6-4-14(5-7-18)27-8-9-28-15(16(27)29)25-17(26-28)19(21,22)23/h1-3,10,14H,4-9,11,24H2. The predicted molar refractivity (Wildman–Crippen MR) is 101 cm³/mol. The van der Waals surface area contributed by atoms with Gasteiger partial charge in [-0.15, -0.1) is 5.10 Å². The summed E-state index contributed by atoms with van der Waals surface area (Å²) in [6.07, 6.45) is -1.68. The third-order valence-corrected chi connectivity index (χ3v) is 6.35. The summed E-state index contributed by atoms with van der Waals surface area (Å²) in [5.74, 6) is -2.00. The first-order valence-corrected chi connectivity index (χ1v) is 9.90. The lowest BCUT2D eigenvalue weighted by Crippen LogP contribution is -2.51. The predicted octanol–water partition coefficient (Wildman–Crippen LogP) is 3.25. The Morgan fingerprint density at radius 1 is 1.24 bits per heavy atom. The molecule has 2 aromatic rings. The van der Waals surface area contributed by atoms with Gasteiger partial charge in [-0.3, -0.25) is 4.79 Å². The van der Waals surface area contributed by atoms with Crippen molar-refractivity contribution in [2.75, 3.05) is 13.1 Å². The Balaban J connectivity index is 1.50. The van der Waals surface area contributed by atoms with E-state index in [1.165, 1.54) is 0 Å². The fraction of sp³-hybridized carbons (Fsp3) is 0.526. The van der Waals surface area contributed by atoms with Crippen LogP contribution in [0.25, 0.3) is 0 Å². The Bertz CT molecular complexity index is 921. The number of carbonyl (C=O) groups is 1. The van der Waals surface area contributed by atoms with Gasteiger partial charge < -0.3 is 10.6 Å². The molecule has 0 saturated heterocycles. The number of halogens is 4. The largest absolute Gasteiger partial charge is 0.453 e. The van der Waals surface area contributed by atoms with Gasteiger partial charge in [0.1, 0.15) is 0 Å². The maximum absolute atomic E-state index is 12.9. The molecule has 1 aromatic heterocycles. The number of aromatic nitrogens is 3. The highest BCUT2D eigenvalue weighted by atomic mass is 35.5. The van der Waals surface area contributed by atoms with Crippen molar-refractivity contribution in [2.45, 2.75) is 49.9 Å². The molecule has 2 aliphatic rings. The molecule has 1 fully saturated rings. The number of fused-ring (bicyclic) bond motifs is 1. The minimum atomic E-state index is -4.67. The van der Waals surface area contributed by atoms with Crippen molar-refractivity contribution in [2.24, 2.45) is 5.73 Å². The van der Waals surface area contributed by atoms with E-state index in [2.05, 4.69) is 10.1 Å². The van der Waals surface area contributed by atoms with Crippen molar-refractivity contribution in [3.05, 3.63) is 46.5 Å². The molecule has 0 atom stereocenters. The second kappa shape index (κ2) is 7.28. The zero-order valence-electron chi connectivity index (χ0n) is 15.6. The van der Waals surface area contributed by atoms with E-state index in [1.807, 2.05) is 24.3 Å². The van der Waals surface area contributed by atoms with Gasteiger partial charge in [-0.05, 0) is 43.4 Å². The lowest BCUT2D eigenvalue weighted by Gasteiger charge is -2.44. The molecule has 156 valence electrons. The van der Waals surface area contributed by atoms with Crippen molar-refractivity contribution in [1.82, 2.24) is 19.7 Å². The Morgan fingerprint density at radius 3 is 2.59 bits per heavy atom. The second-order valence-electron chi connectivity index (χ2n) is 7.70. The summed E-state index contributed by atoms with van der Waals surface area (Å²) < 4.78 is 39.7. The fourth-order valence-electron chi connectivity index (χ4n) is 4.45. The first-order valence-electron chi connectivity index (χ1n) is 9.53. The maximum Gasteiger partial charge on any atom is 0.453 e. The molecule has 10 heteroatoms. The molecule has 2 N–H and O–H groups in total. The number of nitrogens with zero attached hydrogens (tertiary/aromatic N) is 4. The van der Waals surface area contributed by atoms with E-state index in [0.717, 1.165) is 35.9 Å². The van der Waals surface area contributed by atoms with Crippen molar-refractivity contribution in [1.29, 1.82) is 0 Å². The minimum absolute atomic E-state index is 0.0545. The topological polar surface area (TPSA) is 77.0 Å². The molecule has 1 aromatic carbocycles. The summed E-state index contributed by atoms with van der Waals surface area (Å²) in [5.41, 5.74) is 7.01. The first kappa shape index (κ1) is 20.2. The van der Waals surface area contributed by atoms with Gasteiger partial charge in [0.15, 0.2) is 0 Å². The smallest absolute Gasteiger partial charge is 0.331 e. The van der Waals surface area contributed by atoms with Crippen molar-refractivity contribution < 1.29 is 18.0 Å². The van der Waals surface area contributed by atoms with Crippen LogP contribution in [0, 0.1) is 0 Å². The summed E-state index contributed by atoms with van der Waals surface area (Å²) in [6, 6.07) is 7.62. The Kier molecular flexibility index (Phi) is 5.06. The van der Waals surface area contributed by atoms with Gasteiger partial charge in [0, 0.05) is 29.6 Å². The average Bonchev–Trinajstić information content (AvgIpc) is 3.14. The molecule has 0 spiro atoms. The number of carbonyl (C=O) groups excluding carboxylic acids is 1. The van der Waals surface area contributed by atoms with Gasteiger partial charge in [-0.25, -0.2) is 4.68 Å². The van der Waals surface area contributed by atoms with Crippen LogP contribution in [0.4, 0.5) is 13.2 Å². The van der Waals surface area contributed by atoms with E-state index in [4.69, 9.17) is 17.3 Å². The molecule has 0 radical (unpaired) electrons. The number of benzene rings is 1. The average molecular weight is 428 g/mol. The van der Waals surface area contributed by atoms with Gasteiger partial charge >= 0.3 is 6.18 Å². The lowest BCUT2D eigenvalue weighted by molar-refractivity contribution is -0.145. The van der Waals surface area contributed by atoms with Crippen LogP contribution in [0.15, 0.2) is 24.3 Å². The van der Waals surface area contributed by atoms with Gasteiger partial charge in [0.25, 0.3) is 11.7 Å². The highest BCUT2D eigenvalue weighted by Gasteiger charge is 2.43. The summed E-state index contributed by atoms with van der Waals surface area (Å²) in [4.78, 5) is 17.9. The molecule has 0 bridgehead atoms. The Hall–Kier alpha value is -2.13. The summed E-state index contributed by atoms with van der Waals surface area (Å²) in [5, 5.41) is 4.10. The van der Waals surface area contributed by atoms with Crippen LogP contribution in [0.1, 0.15) is 47.7 Å². The van der Waals surface area contributed by atoms with Crippen LogP contribution >= 0.6 is 11.6 Å². The molecule has 1 saturated carbocycles. The monoisotopic (exact) mass is 427 g/mol. The van der Waals surface area contributed by atoms with Gasteiger partial charge in [-0.1, -0.05) is 23.7 Å². The van der Waals surface area contributed by atoms with E-state index in [9.17, 15) is 18.0 Å². The zero-order chi connectivity index (χ0) is 20.8. The molecular formula is C19H21ClF3N5O. The van der Waals surface area contributed by atoms with Crippen molar-refractivity contribution in [3.63, 3.8) is 0 Å². The Labute approximate surface area is 170 Å². The number of hydrogen-bond acceptors (Lipinski definition) is 4. The highest BCUT2D eigenvalue weighted by Crippen LogP contribution is 2.41. The van der Waals surface area contributed by atoms with Gasteiger partial charge in [0.2, 0.25) is 5.82 Å². The molecular weight excluding hydrogens is 407 g/mol. The van der Waals surface area contributed by atoms with E-state index >= 15 is 0 Å². The Morgan fingerprint density at radius 2 is 1.97 bits per heavy atom. The molecule has 6 nitrogen and oxygen atoms in total. The molecule has 0 unspecified atom stereocenters. The van der Waals surface area contributed by atoms with Crippen LogP contribution in [-0.4, -0.2) is 44.7 Å². The molecule has 1 aliphatic carbocycles. The minimum Gasteiger partial charge on any atom is -0.331 e. The second-order valence-corrected chi connectivity index (χ2v) is 8.14. The molecule has 2 heterocycles. The van der Waals surface area contributed by atoms with Crippen LogP contribution < -0.4 is 5.73 Å². The maximum atomic E-state index is 12.9. The lowest BCUT2D eigenvalue weighted by atomic mass is 9.68. The molecule has 29 heavy (non-hydrogen) atoms. The number of amides is 1. The van der Waals surface area contributed by atoms with Crippen LogP contribution in [0.3, 0.4) is 0 Å². The van der Waals surface area contributed by atoms with Gasteiger partial charge in [-0.2, -0.15) is 18.2 Å². The normalized spacial score (nSPS) is 25.2. The molecule has 1 amide bonds. The van der Waals surface area contributed by atoms with Crippen LogP contribution in [0.5, 0.6) is 0 Å². The molecule has 1 aliphatic heterocycles. The van der Waals surface area contributed by atoms with E-state index in [1.54, 1.807) is 4.90 Å². The van der Waals surface area contributed by atoms with E-state index in [0.29, 0.717) is 18.1 Å². The fourth-order valence-corrected chi connectivity index (χ4v) is 4.64. The molecule has 4 rings (SSSR count). The van der Waals surface area contributed by atoms with E-state index < -0.39 is 17.9 Å². The summed E-state index contributed by atoms with van der Waals surface area (Å²) in [7, 11) is 0. The highest BCUT2D eigenvalue weighted by molar-refractivity contribution is 6.30. The van der Waals surface area contributed by atoms with Crippen molar-refractivity contribution >= 4 is 17.5 Å². The first-order chi connectivity index (χ1) is 13.7. The van der Waals surface area contributed by atoms with Crippen LogP contribution in [-0.2, 0) is 18.1 Å². The summed E-state index contributed by atoms with van der Waals surface area (Å²) in [6.45, 7) is 0.998. The number of hydrogen-bond donors (Lipinski definition) is 1. The number of nitrogens with two attached hydrogens (primary N) is 1. The third kappa shape index (κ3) is 3.61. The zero-order valence-corrected chi connectivity index (χ0v) is 16.4. The van der Waals surface area contributed by atoms with Gasteiger partial charge in [0.05, 0.1) is 6.54 Å². The quantitative estimate of drug-likeness (QED) is 0.815.